The van der Waals surface area contributed by atoms with Gasteiger partial charge in [0.05, 0.1) is 13.7 Å². The first-order valence-corrected chi connectivity index (χ1v) is 5.96. The molecule has 0 aromatic heterocycles. The maximum atomic E-state index is 11.4. The van der Waals surface area contributed by atoms with E-state index in [0.29, 0.717) is 13.2 Å². The van der Waals surface area contributed by atoms with Gasteiger partial charge in [0.25, 0.3) is 0 Å². The highest BCUT2D eigenvalue weighted by Gasteiger charge is 2.04. The molecule has 0 atom stereocenters. The molecule has 0 heterocycles. The summed E-state index contributed by atoms with van der Waals surface area (Å²) in [6, 6.07) is 7.00. The van der Waals surface area contributed by atoms with Gasteiger partial charge < -0.3 is 20.1 Å². The molecule has 0 fully saturated rings. The van der Waals surface area contributed by atoms with Crippen molar-refractivity contribution < 1.29 is 19.1 Å². The lowest BCUT2D eigenvalue weighted by atomic mass is 10.2. The Bertz CT molecular complexity index is 417. The van der Waals surface area contributed by atoms with Crippen LogP contribution in [0.4, 0.5) is 4.79 Å². The fraction of sp³-hybridized carbons (Fsp3) is 0.385. The van der Waals surface area contributed by atoms with Crippen LogP contribution in [0, 0.1) is 0 Å². The van der Waals surface area contributed by atoms with Crippen molar-refractivity contribution in [3.8, 4) is 5.75 Å². The second kappa shape index (κ2) is 7.97. The molecule has 6 heteroatoms. The van der Waals surface area contributed by atoms with Crippen molar-refractivity contribution in [2.24, 2.45) is 0 Å². The molecule has 0 aliphatic heterocycles. The zero-order chi connectivity index (χ0) is 14.1. The Morgan fingerprint density at radius 1 is 1.16 bits per heavy atom. The van der Waals surface area contributed by atoms with Crippen LogP contribution in [0.1, 0.15) is 12.5 Å². The van der Waals surface area contributed by atoms with Gasteiger partial charge in [-0.15, -0.1) is 0 Å². The molecule has 0 unspecified atom stereocenters. The lowest BCUT2D eigenvalue weighted by molar-refractivity contribution is -0.139. The van der Waals surface area contributed by atoms with E-state index in [1.807, 2.05) is 31.2 Å². The van der Waals surface area contributed by atoms with Crippen LogP contribution in [0.3, 0.4) is 0 Å². The maximum Gasteiger partial charge on any atom is 0.325 e. The van der Waals surface area contributed by atoms with E-state index >= 15 is 0 Å². The summed E-state index contributed by atoms with van der Waals surface area (Å²) in [5.74, 6) is 0.303. The Morgan fingerprint density at radius 3 is 2.42 bits per heavy atom. The van der Waals surface area contributed by atoms with Gasteiger partial charge in [0.2, 0.25) is 0 Å². The summed E-state index contributed by atoms with van der Waals surface area (Å²) in [6.07, 6.45) is 0. The lowest BCUT2D eigenvalue weighted by Gasteiger charge is -2.08. The first kappa shape index (κ1) is 14.8. The average Bonchev–Trinajstić information content (AvgIpc) is 2.44. The molecule has 1 rings (SSSR count). The van der Waals surface area contributed by atoms with Gasteiger partial charge in [-0.2, -0.15) is 0 Å². The van der Waals surface area contributed by atoms with Gasteiger partial charge in [0.15, 0.2) is 0 Å². The highest BCUT2D eigenvalue weighted by molar-refractivity contribution is 5.80. The summed E-state index contributed by atoms with van der Waals surface area (Å²) in [5, 5.41) is 5.02. The van der Waals surface area contributed by atoms with Crippen LogP contribution in [0.2, 0.25) is 0 Å². The molecule has 1 aromatic carbocycles. The minimum absolute atomic E-state index is 0.147. The summed E-state index contributed by atoms with van der Waals surface area (Å²) in [6.45, 7) is 2.76. The van der Waals surface area contributed by atoms with Gasteiger partial charge in [-0.3, -0.25) is 4.79 Å². The zero-order valence-electron chi connectivity index (χ0n) is 11.1. The molecule has 0 aliphatic rings. The Kier molecular flexibility index (Phi) is 6.21. The second-order valence-corrected chi connectivity index (χ2v) is 3.69. The van der Waals surface area contributed by atoms with Gasteiger partial charge in [-0.1, -0.05) is 12.1 Å². The van der Waals surface area contributed by atoms with Crippen molar-refractivity contribution in [3.63, 3.8) is 0 Å². The number of urea groups is 1. The molecule has 0 saturated heterocycles. The normalized spacial score (nSPS) is 9.58. The Balaban J connectivity index is 2.31. The summed E-state index contributed by atoms with van der Waals surface area (Å²) in [7, 11) is 1.27. The number of amides is 2. The average molecular weight is 266 g/mol. The standard InChI is InChI=1S/C13H18N2O4/c1-3-19-11-6-4-10(5-7-11)8-14-13(17)15-9-12(16)18-2/h4-7H,3,8-9H2,1-2H3,(H2,14,15,17). The molecule has 19 heavy (non-hydrogen) atoms. The number of methoxy groups -OCH3 is 1. The SMILES string of the molecule is CCOc1ccc(CNC(=O)NCC(=O)OC)cc1. The van der Waals surface area contributed by atoms with Gasteiger partial charge in [-0.25, -0.2) is 4.79 Å². The molecule has 1 aromatic rings. The second-order valence-electron chi connectivity index (χ2n) is 3.69. The third kappa shape index (κ3) is 5.76. The minimum atomic E-state index is -0.490. The van der Waals surface area contributed by atoms with E-state index in [-0.39, 0.29) is 6.54 Å². The van der Waals surface area contributed by atoms with E-state index < -0.39 is 12.0 Å². The van der Waals surface area contributed by atoms with Gasteiger partial charge in [-0.05, 0) is 24.6 Å². The van der Waals surface area contributed by atoms with Crippen LogP contribution in [0.15, 0.2) is 24.3 Å². The fourth-order valence-corrected chi connectivity index (χ4v) is 1.34. The number of esters is 1. The van der Waals surface area contributed by atoms with E-state index in [0.717, 1.165) is 11.3 Å². The predicted molar refractivity (Wildman–Crippen MR) is 69.9 cm³/mol. The van der Waals surface area contributed by atoms with E-state index in [2.05, 4.69) is 15.4 Å². The maximum absolute atomic E-state index is 11.4. The molecule has 0 radical (unpaired) electrons. The monoisotopic (exact) mass is 266 g/mol. The lowest BCUT2D eigenvalue weighted by Crippen LogP contribution is -2.38. The summed E-state index contributed by atoms with van der Waals surface area (Å²) in [4.78, 5) is 22.2. The molecule has 2 amide bonds. The van der Waals surface area contributed by atoms with Crippen molar-refractivity contribution in [1.29, 1.82) is 0 Å². The van der Waals surface area contributed by atoms with E-state index in [1.54, 1.807) is 0 Å². The number of ether oxygens (including phenoxy) is 2. The summed E-state index contributed by atoms with van der Waals surface area (Å²) < 4.78 is 9.72. The molecule has 0 saturated carbocycles. The van der Waals surface area contributed by atoms with Gasteiger partial charge in [0, 0.05) is 6.54 Å². The van der Waals surface area contributed by atoms with Crippen LogP contribution in [0.5, 0.6) is 5.75 Å². The first-order chi connectivity index (χ1) is 9.15. The van der Waals surface area contributed by atoms with Crippen molar-refractivity contribution in [2.45, 2.75) is 13.5 Å². The molecular formula is C13H18N2O4. The summed E-state index contributed by atoms with van der Waals surface area (Å²) in [5.41, 5.74) is 0.941. The van der Waals surface area contributed by atoms with Crippen LogP contribution in [-0.2, 0) is 16.1 Å². The first-order valence-electron chi connectivity index (χ1n) is 5.96. The molecule has 104 valence electrons. The zero-order valence-corrected chi connectivity index (χ0v) is 11.1. The van der Waals surface area contributed by atoms with E-state index in [9.17, 15) is 9.59 Å². The van der Waals surface area contributed by atoms with Crippen molar-refractivity contribution in [1.82, 2.24) is 10.6 Å². The number of carbonyl (C=O) groups is 2. The number of hydrogen-bond donors (Lipinski definition) is 2. The highest BCUT2D eigenvalue weighted by Crippen LogP contribution is 2.11. The van der Waals surface area contributed by atoms with E-state index in [1.165, 1.54) is 7.11 Å². The van der Waals surface area contributed by atoms with Crippen molar-refractivity contribution in [3.05, 3.63) is 29.8 Å². The molecule has 0 bridgehead atoms. The molecule has 2 N–H and O–H groups in total. The number of rotatable bonds is 6. The van der Waals surface area contributed by atoms with Gasteiger partial charge >= 0.3 is 12.0 Å². The largest absolute Gasteiger partial charge is 0.494 e. The quantitative estimate of drug-likeness (QED) is 0.755. The molecule has 6 nitrogen and oxygen atoms in total. The van der Waals surface area contributed by atoms with Crippen molar-refractivity contribution in [2.75, 3.05) is 20.3 Å². The molecule has 0 aliphatic carbocycles. The van der Waals surface area contributed by atoms with E-state index in [4.69, 9.17) is 4.74 Å². The molecular weight excluding hydrogens is 248 g/mol. The van der Waals surface area contributed by atoms with Crippen LogP contribution < -0.4 is 15.4 Å². The third-order valence-corrected chi connectivity index (χ3v) is 2.31. The van der Waals surface area contributed by atoms with Crippen LogP contribution in [-0.4, -0.2) is 32.3 Å². The highest BCUT2D eigenvalue weighted by atomic mass is 16.5. The number of nitrogens with one attached hydrogen (secondary N) is 2. The van der Waals surface area contributed by atoms with Crippen molar-refractivity contribution >= 4 is 12.0 Å². The third-order valence-electron chi connectivity index (χ3n) is 2.31. The van der Waals surface area contributed by atoms with Gasteiger partial charge in [0.1, 0.15) is 12.3 Å². The Labute approximate surface area is 112 Å². The Hall–Kier alpha value is -2.24. The predicted octanol–water partition coefficient (Wildman–Crippen LogP) is 1.06. The van der Waals surface area contributed by atoms with Crippen LogP contribution >= 0.6 is 0 Å². The Morgan fingerprint density at radius 2 is 1.84 bits per heavy atom. The fourth-order valence-electron chi connectivity index (χ4n) is 1.34. The number of hydrogen-bond acceptors (Lipinski definition) is 4. The number of benzene rings is 1. The topological polar surface area (TPSA) is 76.7 Å². The smallest absolute Gasteiger partial charge is 0.325 e. The molecule has 0 spiro atoms. The summed E-state index contributed by atoms with van der Waals surface area (Å²) >= 11 is 0. The number of carbonyl (C=O) groups excluding carboxylic acids is 2. The minimum Gasteiger partial charge on any atom is -0.494 e. The van der Waals surface area contributed by atoms with Crippen LogP contribution in [0.25, 0.3) is 0 Å².